The van der Waals surface area contributed by atoms with Gasteiger partial charge in [-0.3, -0.25) is 0 Å². The lowest BCUT2D eigenvalue weighted by molar-refractivity contribution is 0.205. The first kappa shape index (κ1) is 12.5. The van der Waals surface area contributed by atoms with Crippen molar-refractivity contribution in [1.29, 1.82) is 0 Å². The molecule has 0 aliphatic carbocycles. The smallest absolute Gasteiger partial charge is 0.122 e. The minimum Gasteiger partial charge on any atom is -0.496 e. The molecule has 15 heavy (non-hydrogen) atoms. The molecule has 0 saturated heterocycles. The molecule has 0 bridgehead atoms. The maximum atomic E-state index is 9.71. The SMILES string of the molecule is COc1ccc(C(O)CBr)cc1C(C)C. The Morgan fingerprint density at radius 3 is 2.53 bits per heavy atom. The summed E-state index contributed by atoms with van der Waals surface area (Å²) in [5.41, 5.74) is 2.06. The van der Waals surface area contributed by atoms with Gasteiger partial charge in [0.05, 0.1) is 13.2 Å². The number of hydrogen-bond acceptors (Lipinski definition) is 2. The second kappa shape index (κ2) is 5.52. The van der Waals surface area contributed by atoms with E-state index in [1.54, 1.807) is 7.11 Å². The van der Waals surface area contributed by atoms with Gasteiger partial charge in [-0.1, -0.05) is 35.8 Å². The zero-order valence-corrected chi connectivity index (χ0v) is 10.9. The van der Waals surface area contributed by atoms with Crippen LogP contribution in [0.2, 0.25) is 0 Å². The fraction of sp³-hybridized carbons (Fsp3) is 0.500. The molecule has 1 rings (SSSR count). The molecular formula is C12H17BrO2. The Morgan fingerprint density at radius 2 is 2.07 bits per heavy atom. The average Bonchev–Trinajstić information content (AvgIpc) is 2.27. The summed E-state index contributed by atoms with van der Waals surface area (Å²) in [6, 6.07) is 5.82. The summed E-state index contributed by atoms with van der Waals surface area (Å²) in [5, 5.41) is 10.3. The Balaban J connectivity index is 3.10. The summed E-state index contributed by atoms with van der Waals surface area (Å²) < 4.78 is 5.28. The lowest BCUT2D eigenvalue weighted by atomic mass is 9.98. The van der Waals surface area contributed by atoms with Gasteiger partial charge in [-0.2, -0.15) is 0 Å². The van der Waals surface area contributed by atoms with Crippen molar-refractivity contribution in [2.45, 2.75) is 25.9 Å². The molecule has 0 aromatic heterocycles. The van der Waals surface area contributed by atoms with E-state index in [2.05, 4.69) is 29.8 Å². The quantitative estimate of drug-likeness (QED) is 0.853. The van der Waals surface area contributed by atoms with Crippen molar-refractivity contribution in [2.75, 3.05) is 12.4 Å². The van der Waals surface area contributed by atoms with E-state index >= 15 is 0 Å². The van der Waals surface area contributed by atoms with Crippen molar-refractivity contribution in [3.63, 3.8) is 0 Å². The van der Waals surface area contributed by atoms with Gasteiger partial charge in [0.1, 0.15) is 5.75 Å². The lowest BCUT2D eigenvalue weighted by Gasteiger charge is -2.15. The number of benzene rings is 1. The summed E-state index contributed by atoms with van der Waals surface area (Å²) >= 11 is 3.27. The largest absolute Gasteiger partial charge is 0.496 e. The predicted octanol–water partition coefficient (Wildman–Crippen LogP) is 3.25. The van der Waals surface area contributed by atoms with Gasteiger partial charge in [0.15, 0.2) is 0 Å². The minimum atomic E-state index is -0.451. The van der Waals surface area contributed by atoms with Gasteiger partial charge in [-0.05, 0) is 29.2 Å². The van der Waals surface area contributed by atoms with Crippen LogP contribution in [0.15, 0.2) is 18.2 Å². The molecule has 1 unspecified atom stereocenters. The van der Waals surface area contributed by atoms with Gasteiger partial charge in [0, 0.05) is 5.33 Å². The normalized spacial score (nSPS) is 12.9. The van der Waals surface area contributed by atoms with E-state index in [0.717, 1.165) is 16.9 Å². The number of ether oxygens (including phenoxy) is 1. The molecule has 1 aromatic carbocycles. The van der Waals surface area contributed by atoms with Crippen molar-refractivity contribution < 1.29 is 9.84 Å². The van der Waals surface area contributed by atoms with E-state index < -0.39 is 6.10 Å². The second-order valence-corrected chi connectivity index (χ2v) is 4.47. The highest BCUT2D eigenvalue weighted by molar-refractivity contribution is 9.09. The molecule has 1 atom stereocenters. The Labute approximate surface area is 99.4 Å². The molecule has 84 valence electrons. The van der Waals surface area contributed by atoms with Crippen LogP contribution in [0.4, 0.5) is 0 Å². The summed E-state index contributed by atoms with van der Waals surface area (Å²) in [6.45, 7) is 4.23. The van der Waals surface area contributed by atoms with E-state index in [0.29, 0.717) is 11.2 Å². The number of alkyl halides is 1. The molecule has 3 heteroatoms. The summed E-state index contributed by atoms with van der Waals surface area (Å²) in [6.07, 6.45) is -0.451. The van der Waals surface area contributed by atoms with Crippen LogP contribution in [0.5, 0.6) is 5.75 Å². The Hall–Kier alpha value is -0.540. The van der Waals surface area contributed by atoms with E-state index in [-0.39, 0.29) is 0 Å². The van der Waals surface area contributed by atoms with Crippen LogP contribution in [0.25, 0.3) is 0 Å². The highest BCUT2D eigenvalue weighted by Gasteiger charge is 2.12. The lowest BCUT2D eigenvalue weighted by Crippen LogP contribution is -2.01. The van der Waals surface area contributed by atoms with Crippen LogP contribution in [-0.4, -0.2) is 17.5 Å². The molecule has 0 saturated carbocycles. The van der Waals surface area contributed by atoms with Crippen LogP contribution in [0.1, 0.15) is 37.0 Å². The number of hydrogen-bond donors (Lipinski definition) is 1. The summed E-state index contributed by atoms with van der Waals surface area (Å²) in [5.74, 6) is 1.28. The molecule has 0 aliphatic heterocycles. The Kier molecular flexibility index (Phi) is 4.61. The number of aliphatic hydroxyl groups is 1. The number of halogens is 1. The third kappa shape index (κ3) is 2.95. The maximum absolute atomic E-state index is 9.71. The topological polar surface area (TPSA) is 29.5 Å². The third-order valence-corrected chi connectivity index (χ3v) is 3.02. The Morgan fingerprint density at radius 1 is 1.40 bits per heavy atom. The second-order valence-electron chi connectivity index (χ2n) is 3.83. The number of aliphatic hydroxyl groups excluding tert-OH is 1. The fourth-order valence-electron chi connectivity index (χ4n) is 1.50. The van der Waals surface area contributed by atoms with Crippen LogP contribution in [0, 0.1) is 0 Å². The summed E-state index contributed by atoms with van der Waals surface area (Å²) in [4.78, 5) is 0. The predicted molar refractivity (Wildman–Crippen MR) is 65.8 cm³/mol. The van der Waals surface area contributed by atoms with Crippen LogP contribution in [0.3, 0.4) is 0 Å². The monoisotopic (exact) mass is 272 g/mol. The molecule has 0 radical (unpaired) electrons. The first-order chi connectivity index (χ1) is 7.10. The van der Waals surface area contributed by atoms with Crippen LogP contribution in [-0.2, 0) is 0 Å². The summed E-state index contributed by atoms with van der Waals surface area (Å²) in [7, 11) is 1.67. The zero-order chi connectivity index (χ0) is 11.4. The molecular weight excluding hydrogens is 256 g/mol. The number of rotatable bonds is 4. The highest BCUT2D eigenvalue weighted by atomic mass is 79.9. The van der Waals surface area contributed by atoms with E-state index in [4.69, 9.17) is 4.74 Å². The molecule has 2 nitrogen and oxygen atoms in total. The maximum Gasteiger partial charge on any atom is 0.122 e. The van der Waals surface area contributed by atoms with Gasteiger partial charge < -0.3 is 9.84 Å². The zero-order valence-electron chi connectivity index (χ0n) is 9.33. The first-order valence-electron chi connectivity index (χ1n) is 5.02. The highest BCUT2D eigenvalue weighted by Crippen LogP contribution is 2.29. The minimum absolute atomic E-state index is 0.391. The van der Waals surface area contributed by atoms with Crippen LogP contribution >= 0.6 is 15.9 Å². The van der Waals surface area contributed by atoms with Crippen molar-refractivity contribution in [1.82, 2.24) is 0 Å². The van der Waals surface area contributed by atoms with Crippen molar-refractivity contribution in [3.8, 4) is 5.75 Å². The van der Waals surface area contributed by atoms with E-state index in [1.165, 1.54) is 0 Å². The molecule has 0 aliphatic rings. The van der Waals surface area contributed by atoms with Gasteiger partial charge in [0.2, 0.25) is 0 Å². The molecule has 0 fully saturated rings. The van der Waals surface area contributed by atoms with Gasteiger partial charge in [-0.15, -0.1) is 0 Å². The molecule has 0 spiro atoms. The molecule has 0 amide bonds. The average molecular weight is 273 g/mol. The first-order valence-corrected chi connectivity index (χ1v) is 6.14. The third-order valence-electron chi connectivity index (χ3n) is 2.41. The van der Waals surface area contributed by atoms with Crippen molar-refractivity contribution >= 4 is 15.9 Å². The molecule has 0 heterocycles. The fourth-order valence-corrected chi connectivity index (χ4v) is 1.87. The van der Waals surface area contributed by atoms with Crippen molar-refractivity contribution in [3.05, 3.63) is 29.3 Å². The van der Waals surface area contributed by atoms with Crippen molar-refractivity contribution in [2.24, 2.45) is 0 Å². The van der Waals surface area contributed by atoms with Gasteiger partial charge in [-0.25, -0.2) is 0 Å². The van der Waals surface area contributed by atoms with Gasteiger partial charge >= 0.3 is 0 Å². The molecule has 1 N–H and O–H groups in total. The Bertz CT molecular complexity index is 323. The van der Waals surface area contributed by atoms with Gasteiger partial charge in [0.25, 0.3) is 0 Å². The van der Waals surface area contributed by atoms with E-state index in [1.807, 2.05) is 18.2 Å². The molecule has 1 aromatic rings. The number of methoxy groups -OCH3 is 1. The van der Waals surface area contributed by atoms with E-state index in [9.17, 15) is 5.11 Å². The van der Waals surface area contributed by atoms with Crippen LogP contribution < -0.4 is 4.74 Å². The standard InChI is InChI=1S/C12H17BrO2/c1-8(2)10-6-9(11(14)7-13)4-5-12(10)15-3/h4-6,8,11,14H,7H2,1-3H3.